The molecule has 0 atom stereocenters. The SMILES string of the molecule is Cc1c(-c2cc(C(C)C)c(N=Cc3ccccn3)c(C(C)C)c2)cc(Br)cc1-c1cc(C(C)C)c(N=Cc2ccccn2)c(C(C)C)c1.[Cl-].[Cl-].[Cl-].[Cl-].[Cu+2].[Cu+2]. The molecule has 0 aliphatic heterocycles. The molecule has 5 rings (SSSR count). The number of hydrogen-bond acceptors (Lipinski definition) is 4. The van der Waals surface area contributed by atoms with E-state index in [1.165, 1.54) is 50.1 Å². The second-order valence-electron chi connectivity index (χ2n) is 13.8. The Bertz CT molecular complexity index is 1770. The van der Waals surface area contributed by atoms with Gasteiger partial charge in [-0.2, -0.15) is 0 Å². The van der Waals surface area contributed by atoms with Gasteiger partial charge in [-0.15, -0.1) is 0 Å². The maximum atomic E-state index is 5.04. The fraction of sp³-hybridized carbons (Fsp3) is 0.302. The van der Waals surface area contributed by atoms with Gasteiger partial charge in [-0.1, -0.05) is 83.5 Å². The fourth-order valence-corrected chi connectivity index (χ4v) is 6.63. The molecule has 0 bridgehead atoms. The summed E-state index contributed by atoms with van der Waals surface area (Å²) in [6.45, 7) is 20.3. The van der Waals surface area contributed by atoms with E-state index in [1.54, 1.807) is 0 Å². The van der Waals surface area contributed by atoms with E-state index in [2.05, 4.69) is 125 Å². The molecule has 54 heavy (non-hydrogen) atoms. The first-order valence-corrected chi connectivity index (χ1v) is 17.8. The molecule has 0 N–H and O–H groups in total. The minimum atomic E-state index is 0. The van der Waals surface area contributed by atoms with Crippen LogP contribution < -0.4 is 49.6 Å². The number of nitrogens with zero attached hydrogens (tertiary/aromatic N) is 4. The van der Waals surface area contributed by atoms with Crippen molar-refractivity contribution < 1.29 is 83.8 Å². The van der Waals surface area contributed by atoms with Gasteiger partial charge >= 0.3 is 34.1 Å². The third-order valence-electron chi connectivity index (χ3n) is 8.85. The molecular formula is C43H47BrCl4Cu2N4. The Hall–Kier alpha value is -2.02. The van der Waals surface area contributed by atoms with Gasteiger partial charge in [-0.25, -0.2) is 0 Å². The van der Waals surface area contributed by atoms with Gasteiger partial charge in [-0.3, -0.25) is 20.0 Å². The molecule has 0 amide bonds. The molecule has 0 aliphatic carbocycles. The van der Waals surface area contributed by atoms with Crippen LogP contribution in [0.4, 0.5) is 11.4 Å². The van der Waals surface area contributed by atoms with Crippen LogP contribution in [0.25, 0.3) is 22.3 Å². The smallest absolute Gasteiger partial charge is 1.00 e. The topological polar surface area (TPSA) is 50.5 Å². The molecule has 0 saturated carbocycles. The first-order valence-electron chi connectivity index (χ1n) is 17.0. The van der Waals surface area contributed by atoms with Crippen molar-refractivity contribution in [3.05, 3.63) is 129 Å². The monoisotopic (exact) mass is 964 g/mol. The molecule has 4 nitrogen and oxygen atoms in total. The molecule has 11 heteroatoms. The van der Waals surface area contributed by atoms with Gasteiger partial charge in [-0.05, 0) is 141 Å². The number of rotatable bonds is 10. The van der Waals surface area contributed by atoms with Crippen LogP contribution >= 0.6 is 15.9 Å². The largest absolute Gasteiger partial charge is 2.00 e. The van der Waals surface area contributed by atoms with Crippen molar-refractivity contribution in [3.63, 3.8) is 0 Å². The van der Waals surface area contributed by atoms with Crippen molar-refractivity contribution in [2.75, 3.05) is 0 Å². The van der Waals surface area contributed by atoms with E-state index in [-0.39, 0.29) is 83.8 Å². The third kappa shape index (κ3) is 13.0. The van der Waals surface area contributed by atoms with Crippen molar-refractivity contribution in [2.24, 2.45) is 9.98 Å². The van der Waals surface area contributed by atoms with Gasteiger partial charge in [0.1, 0.15) is 0 Å². The molecule has 0 fully saturated rings. The number of hydrogen-bond donors (Lipinski definition) is 0. The van der Waals surface area contributed by atoms with E-state index in [4.69, 9.17) is 9.98 Å². The Morgan fingerprint density at radius 2 is 0.833 bits per heavy atom. The van der Waals surface area contributed by atoms with Crippen LogP contribution in [0.1, 0.15) is 118 Å². The fourth-order valence-electron chi connectivity index (χ4n) is 6.17. The van der Waals surface area contributed by atoms with Crippen LogP contribution in [0.3, 0.4) is 0 Å². The van der Waals surface area contributed by atoms with Crippen LogP contribution in [0.5, 0.6) is 0 Å². The Labute approximate surface area is 377 Å². The second kappa shape index (κ2) is 24.6. The van der Waals surface area contributed by atoms with Gasteiger partial charge in [0.25, 0.3) is 0 Å². The van der Waals surface area contributed by atoms with E-state index in [0.717, 1.165) is 27.2 Å². The summed E-state index contributed by atoms with van der Waals surface area (Å²) in [5.74, 6) is 1.19. The minimum Gasteiger partial charge on any atom is -1.00 e. The molecular weight excluding hydrogens is 921 g/mol. The van der Waals surface area contributed by atoms with E-state index >= 15 is 0 Å². The number of benzene rings is 3. The summed E-state index contributed by atoms with van der Waals surface area (Å²) in [6.07, 6.45) is 7.39. The first-order chi connectivity index (χ1) is 22.9. The number of pyridine rings is 2. The van der Waals surface area contributed by atoms with E-state index in [9.17, 15) is 0 Å². The Kier molecular flexibility index (Phi) is 24.6. The molecule has 296 valence electrons. The van der Waals surface area contributed by atoms with Crippen molar-refractivity contribution >= 4 is 39.7 Å². The average Bonchev–Trinajstić information content (AvgIpc) is 3.07. The molecule has 0 spiro atoms. The summed E-state index contributed by atoms with van der Waals surface area (Å²) in [5.41, 5.74) is 14.9. The van der Waals surface area contributed by atoms with Crippen molar-refractivity contribution in [2.45, 2.75) is 86.0 Å². The number of aliphatic imine (C=N–C) groups is 2. The standard InChI is InChI=1S/C43H47BrN4.4ClH.2Cu/c1-26(2)36-18-31(19-37(27(3)4)42(36)47-24-34-14-10-12-16-45-34)40-22-33(44)23-41(30(40)9)32-20-38(28(5)6)43(39(21-32)29(7)8)48-25-35-15-11-13-17-46-35;;;;;;/h10-29H,1-9H3;4*1H;;/q;;;;;2*+2/p-4. The summed E-state index contributed by atoms with van der Waals surface area (Å²) in [6, 6.07) is 25.7. The minimum absolute atomic E-state index is 0. The van der Waals surface area contributed by atoms with Crippen LogP contribution in [-0.2, 0) is 34.1 Å². The summed E-state index contributed by atoms with van der Waals surface area (Å²) >= 11 is 3.90. The molecule has 0 saturated heterocycles. The van der Waals surface area contributed by atoms with Gasteiger partial charge in [0, 0.05) is 16.9 Å². The normalized spacial score (nSPS) is 10.8. The first kappa shape index (κ1) is 54.1. The molecule has 0 aliphatic rings. The van der Waals surface area contributed by atoms with Crippen LogP contribution in [0, 0.1) is 6.92 Å². The van der Waals surface area contributed by atoms with Crippen molar-refractivity contribution in [1.29, 1.82) is 0 Å². The predicted molar refractivity (Wildman–Crippen MR) is 209 cm³/mol. The summed E-state index contributed by atoms with van der Waals surface area (Å²) in [7, 11) is 0. The maximum Gasteiger partial charge on any atom is 2.00 e. The van der Waals surface area contributed by atoms with E-state index in [0.29, 0.717) is 23.7 Å². The molecule has 2 radical (unpaired) electrons. The quantitative estimate of drug-likeness (QED) is 0.155. The molecule has 2 aromatic heterocycles. The molecule has 0 unspecified atom stereocenters. The summed E-state index contributed by atoms with van der Waals surface area (Å²) in [4.78, 5) is 19.0. The maximum absolute atomic E-state index is 5.04. The van der Waals surface area contributed by atoms with Gasteiger partial charge in [0.05, 0.1) is 35.2 Å². The second-order valence-corrected chi connectivity index (χ2v) is 14.7. The van der Waals surface area contributed by atoms with Gasteiger partial charge in [0.2, 0.25) is 0 Å². The molecule has 2 heterocycles. The van der Waals surface area contributed by atoms with Crippen molar-refractivity contribution in [3.8, 4) is 22.3 Å². The van der Waals surface area contributed by atoms with Gasteiger partial charge < -0.3 is 49.6 Å². The molecule has 5 aromatic rings. The van der Waals surface area contributed by atoms with Crippen LogP contribution in [-0.4, -0.2) is 22.4 Å². The zero-order valence-electron chi connectivity index (χ0n) is 31.8. The van der Waals surface area contributed by atoms with Gasteiger partial charge in [0.15, 0.2) is 0 Å². The summed E-state index contributed by atoms with van der Waals surface area (Å²) in [5, 5.41) is 0. The summed E-state index contributed by atoms with van der Waals surface area (Å²) < 4.78 is 1.06. The zero-order valence-corrected chi connectivity index (χ0v) is 38.3. The third-order valence-corrected chi connectivity index (χ3v) is 9.31. The average molecular weight is 969 g/mol. The Morgan fingerprint density at radius 1 is 0.519 bits per heavy atom. The Balaban J connectivity index is 0. The van der Waals surface area contributed by atoms with Crippen LogP contribution in [0.15, 0.2) is 99.6 Å². The molecule has 3 aromatic carbocycles. The van der Waals surface area contributed by atoms with E-state index in [1.807, 2.05) is 61.2 Å². The number of aromatic nitrogens is 2. The van der Waals surface area contributed by atoms with Crippen LogP contribution in [0.2, 0.25) is 0 Å². The van der Waals surface area contributed by atoms with Crippen molar-refractivity contribution in [1.82, 2.24) is 9.97 Å². The predicted octanol–water partition coefficient (Wildman–Crippen LogP) is 0.887. The number of halogens is 5. The van der Waals surface area contributed by atoms with E-state index < -0.39 is 0 Å². The zero-order chi connectivity index (χ0) is 34.5. The Morgan fingerprint density at radius 3 is 1.09 bits per heavy atom.